The van der Waals surface area contributed by atoms with Gasteiger partial charge in [0.1, 0.15) is 5.75 Å². The van der Waals surface area contributed by atoms with Gasteiger partial charge in [-0.25, -0.2) is 9.59 Å². The quantitative estimate of drug-likeness (QED) is 0.735. The fourth-order valence-corrected chi connectivity index (χ4v) is 1.86. The summed E-state index contributed by atoms with van der Waals surface area (Å²) in [6, 6.07) is 4.28. The van der Waals surface area contributed by atoms with Crippen LogP contribution in [0.15, 0.2) is 18.2 Å². The van der Waals surface area contributed by atoms with Crippen LogP contribution in [-0.2, 0) is 9.53 Å². The van der Waals surface area contributed by atoms with Crippen molar-refractivity contribution < 1.29 is 24.5 Å². The molecule has 0 fully saturated rings. The molecule has 1 aromatic rings. The molecular weight excluding hydrogens is 276 g/mol. The van der Waals surface area contributed by atoms with Crippen LogP contribution < -0.4 is 10.2 Å². The highest BCUT2D eigenvalue weighted by Crippen LogP contribution is 2.24. The lowest BCUT2D eigenvalue weighted by atomic mass is 10.1. The van der Waals surface area contributed by atoms with E-state index in [2.05, 4.69) is 5.32 Å². The van der Waals surface area contributed by atoms with E-state index in [1.54, 1.807) is 13.0 Å². The predicted octanol–water partition coefficient (Wildman–Crippen LogP) is 1.34. The smallest absolute Gasteiger partial charge is 0.334 e. The molecule has 0 heterocycles. The molecule has 1 unspecified atom stereocenters. The van der Waals surface area contributed by atoms with Crippen molar-refractivity contribution >= 4 is 17.7 Å². The van der Waals surface area contributed by atoms with Crippen molar-refractivity contribution in [3.63, 3.8) is 0 Å². The summed E-state index contributed by atoms with van der Waals surface area (Å²) in [5.41, 5.74) is 1.39. The number of phenols is 1. The number of methoxy groups -OCH3 is 1. The molecule has 0 aliphatic carbocycles. The van der Waals surface area contributed by atoms with Gasteiger partial charge in [0.15, 0.2) is 6.10 Å². The molecule has 21 heavy (non-hydrogen) atoms. The molecule has 0 aliphatic rings. The van der Waals surface area contributed by atoms with E-state index in [9.17, 15) is 14.7 Å². The molecule has 1 rings (SSSR count). The molecule has 7 heteroatoms. The number of anilines is 1. The van der Waals surface area contributed by atoms with Gasteiger partial charge in [0.2, 0.25) is 0 Å². The molecule has 1 atom stereocenters. The molecule has 2 amide bonds. The number of nitrogens with one attached hydrogen (secondary N) is 1. The molecule has 7 nitrogen and oxygen atoms in total. The number of nitrogens with zero attached hydrogens (tertiary/aromatic N) is 1. The van der Waals surface area contributed by atoms with Crippen LogP contribution in [-0.4, -0.2) is 48.5 Å². The molecule has 0 radical (unpaired) electrons. The van der Waals surface area contributed by atoms with Crippen LogP contribution in [0.3, 0.4) is 0 Å². The fraction of sp³-hybridized carbons (Fsp3) is 0.429. The van der Waals surface area contributed by atoms with Gasteiger partial charge in [0.05, 0.1) is 12.2 Å². The second kappa shape index (κ2) is 7.49. The highest BCUT2D eigenvalue weighted by molar-refractivity contribution is 5.93. The van der Waals surface area contributed by atoms with Crippen LogP contribution in [0.5, 0.6) is 5.75 Å². The van der Waals surface area contributed by atoms with Crippen LogP contribution in [0.1, 0.15) is 12.5 Å². The number of aryl methyl sites for hydroxylation is 1. The number of carboxylic acid groups (broad SMARTS) is 1. The van der Waals surface area contributed by atoms with E-state index in [0.717, 1.165) is 5.56 Å². The maximum Gasteiger partial charge on any atom is 0.334 e. The number of aromatic hydroxyl groups is 1. The summed E-state index contributed by atoms with van der Waals surface area (Å²) >= 11 is 0. The zero-order chi connectivity index (χ0) is 16.0. The first kappa shape index (κ1) is 16.8. The topological polar surface area (TPSA) is 99.1 Å². The van der Waals surface area contributed by atoms with Crippen molar-refractivity contribution in [2.45, 2.75) is 20.0 Å². The maximum atomic E-state index is 12.2. The van der Waals surface area contributed by atoms with Crippen LogP contribution in [0, 0.1) is 6.92 Å². The average Bonchev–Trinajstić information content (AvgIpc) is 2.43. The minimum absolute atomic E-state index is 0.0576. The van der Waals surface area contributed by atoms with Crippen molar-refractivity contribution in [1.82, 2.24) is 5.32 Å². The highest BCUT2D eigenvalue weighted by atomic mass is 16.5. The Balaban J connectivity index is 2.82. The number of hydrogen-bond acceptors (Lipinski definition) is 4. The first-order chi connectivity index (χ1) is 9.90. The Labute approximate surface area is 123 Å². The Morgan fingerprint density at radius 2 is 2.10 bits per heavy atom. The van der Waals surface area contributed by atoms with E-state index in [1.807, 2.05) is 6.92 Å². The van der Waals surface area contributed by atoms with E-state index in [1.165, 1.54) is 24.1 Å². The molecular formula is C14H20N2O5. The summed E-state index contributed by atoms with van der Waals surface area (Å²) in [7, 11) is 1.27. The third kappa shape index (κ3) is 4.35. The highest BCUT2D eigenvalue weighted by Gasteiger charge is 2.21. The lowest BCUT2D eigenvalue weighted by Crippen LogP contribution is -2.45. The zero-order valence-electron chi connectivity index (χ0n) is 12.3. The van der Waals surface area contributed by atoms with Gasteiger partial charge in [-0.05, 0) is 25.5 Å². The Morgan fingerprint density at radius 3 is 2.62 bits per heavy atom. The van der Waals surface area contributed by atoms with Gasteiger partial charge in [0.25, 0.3) is 0 Å². The molecule has 0 saturated heterocycles. The van der Waals surface area contributed by atoms with E-state index < -0.39 is 18.1 Å². The van der Waals surface area contributed by atoms with Gasteiger partial charge in [-0.3, -0.25) is 4.90 Å². The van der Waals surface area contributed by atoms with Crippen molar-refractivity contribution in [3.05, 3.63) is 23.8 Å². The SMILES string of the molecule is CCN(C(=O)NCC(OC)C(=O)O)c1cc(O)ccc1C. The summed E-state index contributed by atoms with van der Waals surface area (Å²) < 4.78 is 4.75. The molecule has 1 aromatic carbocycles. The number of ether oxygens (including phenoxy) is 1. The zero-order valence-corrected chi connectivity index (χ0v) is 12.3. The van der Waals surface area contributed by atoms with E-state index in [0.29, 0.717) is 12.2 Å². The summed E-state index contributed by atoms with van der Waals surface area (Å²) in [5, 5.41) is 20.9. The fourth-order valence-electron chi connectivity index (χ4n) is 1.86. The van der Waals surface area contributed by atoms with Crippen molar-refractivity contribution in [2.75, 3.05) is 25.1 Å². The summed E-state index contributed by atoms with van der Waals surface area (Å²) in [6.07, 6.45) is -1.10. The Kier molecular flexibility index (Phi) is 5.98. The molecule has 0 aliphatic heterocycles. The maximum absolute atomic E-state index is 12.2. The Hall–Kier alpha value is -2.28. The first-order valence-corrected chi connectivity index (χ1v) is 6.51. The number of carbonyl (C=O) groups is 2. The number of amides is 2. The summed E-state index contributed by atoms with van der Waals surface area (Å²) in [4.78, 5) is 24.4. The molecule has 0 bridgehead atoms. The number of phenolic OH excluding ortho intramolecular Hbond substituents is 1. The van der Waals surface area contributed by atoms with Gasteiger partial charge in [-0.2, -0.15) is 0 Å². The number of aliphatic carboxylic acids is 1. The first-order valence-electron chi connectivity index (χ1n) is 6.51. The van der Waals surface area contributed by atoms with Crippen molar-refractivity contribution in [1.29, 1.82) is 0 Å². The van der Waals surface area contributed by atoms with E-state index in [4.69, 9.17) is 9.84 Å². The molecule has 0 aromatic heterocycles. The van der Waals surface area contributed by atoms with Crippen molar-refractivity contribution in [2.24, 2.45) is 0 Å². The van der Waals surface area contributed by atoms with E-state index >= 15 is 0 Å². The molecule has 0 saturated carbocycles. The van der Waals surface area contributed by atoms with E-state index in [-0.39, 0.29) is 12.3 Å². The lowest BCUT2D eigenvalue weighted by molar-refractivity contribution is -0.147. The molecule has 3 N–H and O–H groups in total. The largest absolute Gasteiger partial charge is 0.508 e. The third-order valence-electron chi connectivity index (χ3n) is 3.04. The van der Waals surface area contributed by atoms with Gasteiger partial charge in [-0.15, -0.1) is 0 Å². The van der Waals surface area contributed by atoms with Gasteiger partial charge < -0.3 is 20.3 Å². The monoisotopic (exact) mass is 296 g/mol. The second-order valence-corrected chi connectivity index (χ2v) is 4.46. The number of benzene rings is 1. The predicted molar refractivity (Wildman–Crippen MR) is 77.7 cm³/mol. The number of hydrogen-bond donors (Lipinski definition) is 3. The van der Waals surface area contributed by atoms with Crippen molar-refractivity contribution in [3.8, 4) is 5.75 Å². The third-order valence-corrected chi connectivity index (χ3v) is 3.04. The number of carboxylic acids is 1. The Bertz CT molecular complexity index is 518. The van der Waals surface area contributed by atoms with Crippen LogP contribution >= 0.6 is 0 Å². The minimum Gasteiger partial charge on any atom is -0.508 e. The van der Waals surface area contributed by atoms with Gasteiger partial charge in [-0.1, -0.05) is 6.07 Å². The lowest BCUT2D eigenvalue weighted by Gasteiger charge is -2.24. The summed E-state index contributed by atoms with van der Waals surface area (Å²) in [6.45, 7) is 3.84. The average molecular weight is 296 g/mol. The van der Waals surface area contributed by atoms with Gasteiger partial charge >= 0.3 is 12.0 Å². The van der Waals surface area contributed by atoms with Crippen LogP contribution in [0.25, 0.3) is 0 Å². The Morgan fingerprint density at radius 1 is 1.43 bits per heavy atom. The van der Waals surface area contributed by atoms with Crippen LogP contribution in [0.2, 0.25) is 0 Å². The molecule has 116 valence electrons. The van der Waals surface area contributed by atoms with Crippen LogP contribution in [0.4, 0.5) is 10.5 Å². The number of rotatable bonds is 6. The second-order valence-electron chi connectivity index (χ2n) is 4.46. The van der Waals surface area contributed by atoms with Gasteiger partial charge in [0, 0.05) is 19.7 Å². The number of carbonyl (C=O) groups excluding carboxylic acids is 1. The number of urea groups is 1. The molecule has 0 spiro atoms. The summed E-state index contributed by atoms with van der Waals surface area (Å²) in [5.74, 6) is -1.09. The standard InChI is InChI=1S/C14H20N2O5/c1-4-16(11-7-10(17)6-5-9(11)2)14(20)15-8-12(21-3)13(18)19/h5-7,12,17H,4,8H2,1-3H3,(H,15,20)(H,18,19). The minimum atomic E-state index is -1.14. The normalized spacial score (nSPS) is 11.8.